The highest BCUT2D eigenvalue weighted by Crippen LogP contribution is 2.14. The maximum absolute atomic E-state index is 12.2. The highest BCUT2D eigenvalue weighted by Gasteiger charge is 2.09. The van der Waals surface area contributed by atoms with E-state index in [0.29, 0.717) is 22.2 Å². The van der Waals surface area contributed by atoms with Gasteiger partial charge in [0.1, 0.15) is 23.8 Å². The van der Waals surface area contributed by atoms with E-state index in [1.165, 1.54) is 6.33 Å². The molecule has 0 radical (unpaired) electrons. The molecule has 0 spiro atoms. The van der Waals surface area contributed by atoms with Gasteiger partial charge < -0.3 is 5.32 Å². The van der Waals surface area contributed by atoms with Gasteiger partial charge in [-0.25, -0.2) is 15.0 Å². The monoisotopic (exact) mass is 313 g/mol. The van der Waals surface area contributed by atoms with Gasteiger partial charge in [0.25, 0.3) is 5.91 Å². The van der Waals surface area contributed by atoms with Crippen LogP contribution in [0.4, 0.5) is 5.82 Å². The van der Waals surface area contributed by atoms with Crippen LogP contribution in [-0.2, 0) is 0 Å². The molecule has 1 aromatic carbocycles. The molecule has 0 saturated heterocycles. The Bertz CT molecular complexity index is 830. The molecule has 0 fully saturated rings. The van der Waals surface area contributed by atoms with E-state index in [4.69, 9.17) is 11.6 Å². The molecular formula is C15H12ClN5O. The molecule has 22 heavy (non-hydrogen) atoms. The summed E-state index contributed by atoms with van der Waals surface area (Å²) in [4.78, 5) is 24.6. The molecular weight excluding hydrogens is 302 g/mol. The van der Waals surface area contributed by atoms with Gasteiger partial charge >= 0.3 is 0 Å². The zero-order valence-corrected chi connectivity index (χ0v) is 12.4. The van der Waals surface area contributed by atoms with Crippen LogP contribution in [-0.4, -0.2) is 25.4 Å². The smallest absolute Gasteiger partial charge is 0.256 e. The Kier molecular flexibility index (Phi) is 3.84. The predicted molar refractivity (Wildman–Crippen MR) is 83.3 cm³/mol. The minimum atomic E-state index is -0.283. The van der Waals surface area contributed by atoms with Crippen molar-refractivity contribution in [2.75, 3.05) is 5.32 Å². The molecule has 3 rings (SSSR count). The van der Waals surface area contributed by atoms with Gasteiger partial charge in [-0.1, -0.05) is 17.7 Å². The Morgan fingerprint density at radius 1 is 1.23 bits per heavy atom. The van der Waals surface area contributed by atoms with Crippen molar-refractivity contribution >= 4 is 23.3 Å². The predicted octanol–water partition coefficient (Wildman–Crippen LogP) is 2.88. The molecule has 7 heteroatoms. The third kappa shape index (κ3) is 2.96. The average Bonchev–Trinajstić information content (AvgIpc) is 2.94. The molecule has 1 amide bonds. The van der Waals surface area contributed by atoms with Crippen molar-refractivity contribution in [1.29, 1.82) is 0 Å². The summed E-state index contributed by atoms with van der Waals surface area (Å²) in [5, 5.41) is 3.23. The van der Waals surface area contributed by atoms with E-state index in [9.17, 15) is 4.79 Å². The average molecular weight is 314 g/mol. The summed E-state index contributed by atoms with van der Waals surface area (Å²) in [5.41, 5.74) is 0.464. The maximum atomic E-state index is 12.2. The normalized spacial score (nSPS) is 10.5. The molecule has 0 unspecified atom stereocenters. The van der Waals surface area contributed by atoms with Crippen LogP contribution in [0.2, 0.25) is 5.02 Å². The molecule has 2 aromatic heterocycles. The lowest BCUT2D eigenvalue weighted by Gasteiger charge is -2.07. The first-order valence-corrected chi connectivity index (χ1v) is 6.90. The van der Waals surface area contributed by atoms with Crippen molar-refractivity contribution in [3.63, 3.8) is 0 Å². The Morgan fingerprint density at radius 3 is 2.82 bits per heavy atom. The van der Waals surface area contributed by atoms with Crippen LogP contribution < -0.4 is 5.32 Å². The molecule has 1 N–H and O–H groups in total. The number of anilines is 1. The van der Waals surface area contributed by atoms with Crippen LogP contribution in [0.5, 0.6) is 0 Å². The van der Waals surface area contributed by atoms with E-state index >= 15 is 0 Å². The molecule has 0 aliphatic heterocycles. The van der Waals surface area contributed by atoms with Crippen molar-refractivity contribution in [3.8, 4) is 5.82 Å². The van der Waals surface area contributed by atoms with E-state index < -0.39 is 0 Å². The van der Waals surface area contributed by atoms with Gasteiger partial charge in [-0.3, -0.25) is 9.36 Å². The first-order chi connectivity index (χ1) is 10.6. The molecule has 3 aromatic rings. The van der Waals surface area contributed by atoms with Gasteiger partial charge in [0, 0.05) is 29.0 Å². The van der Waals surface area contributed by atoms with Crippen LogP contribution >= 0.6 is 11.6 Å². The van der Waals surface area contributed by atoms with E-state index in [1.807, 2.05) is 6.92 Å². The van der Waals surface area contributed by atoms with E-state index in [0.717, 1.165) is 5.82 Å². The Balaban J connectivity index is 1.84. The highest BCUT2D eigenvalue weighted by atomic mass is 35.5. The van der Waals surface area contributed by atoms with Crippen molar-refractivity contribution in [2.24, 2.45) is 0 Å². The summed E-state index contributed by atoms with van der Waals surface area (Å²) in [6.45, 7) is 1.87. The molecule has 0 aliphatic rings. The van der Waals surface area contributed by atoms with Gasteiger partial charge in [-0.15, -0.1) is 0 Å². The summed E-state index contributed by atoms with van der Waals surface area (Å²) in [5.74, 6) is 1.55. The first-order valence-electron chi connectivity index (χ1n) is 6.53. The SMILES string of the molecule is Cc1nccn1-c1cc(NC(=O)c2cccc(Cl)c2)ncn1. The molecule has 6 nitrogen and oxygen atoms in total. The number of imidazole rings is 1. The number of hydrogen-bond donors (Lipinski definition) is 1. The number of halogens is 1. The van der Waals surface area contributed by atoms with Gasteiger partial charge in [0.05, 0.1) is 0 Å². The lowest BCUT2D eigenvalue weighted by atomic mass is 10.2. The second-order valence-corrected chi connectivity index (χ2v) is 5.01. The number of carbonyl (C=O) groups is 1. The van der Waals surface area contributed by atoms with Crippen LogP contribution in [0, 0.1) is 6.92 Å². The van der Waals surface area contributed by atoms with Crippen LogP contribution in [0.1, 0.15) is 16.2 Å². The quantitative estimate of drug-likeness (QED) is 0.807. The van der Waals surface area contributed by atoms with E-state index in [1.54, 1.807) is 47.3 Å². The lowest BCUT2D eigenvalue weighted by molar-refractivity contribution is 0.102. The van der Waals surface area contributed by atoms with Crippen molar-refractivity contribution in [1.82, 2.24) is 19.5 Å². The number of carbonyl (C=O) groups excluding carboxylic acids is 1. The minimum absolute atomic E-state index is 0.283. The summed E-state index contributed by atoms with van der Waals surface area (Å²) in [7, 11) is 0. The van der Waals surface area contributed by atoms with Gasteiger partial charge in [-0.05, 0) is 25.1 Å². The molecule has 0 bridgehead atoms. The summed E-state index contributed by atoms with van der Waals surface area (Å²) >= 11 is 5.89. The fourth-order valence-electron chi connectivity index (χ4n) is 1.99. The number of amides is 1. The largest absolute Gasteiger partial charge is 0.306 e. The van der Waals surface area contributed by atoms with E-state index in [2.05, 4.69) is 20.3 Å². The van der Waals surface area contributed by atoms with Crippen molar-refractivity contribution in [2.45, 2.75) is 6.92 Å². The number of aromatic nitrogens is 4. The Morgan fingerprint density at radius 2 is 2.09 bits per heavy atom. The van der Waals surface area contributed by atoms with E-state index in [-0.39, 0.29) is 5.91 Å². The molecule has 0 atom stereocenters. The first kappa shape index (κ1) is 14.2. The fourth-order valence-corrected chi connectivity index (χ4v) is 2.18. The molecule has 0 saturated carbocycles. The fraction of sp³-hybridized carbons (Fsp3) is 0.0667. The number of rotatable bonds is 3. The number of nitrogens with one attached hydrogen (secondary N) is 1. The zero-order chi connectivity index (χ0) is 15.5. The lowest BCUT2D eigenvalue weighted by Crippen LogP contribution is -2.13. The third-order valence-corrected chi connectivity index (χ3v) is 3.29. The molecule has 0 aliphatic carbocycles. The second kappa shape index (κ2) is 5.95. The Hall–Kier alpha value is -2.73. The number of aryl methyl sites for hydroxylation is 1. The van der Waals surface area contributed by atoms with Gasteiger partial charge in [-0.2, -0.15) is 0 Å². The second-order valence-electron chi connectivity index (χ2n) is 4.57. The van der Waals surface area contributed by atoms with Crippen molar-refractivity contribution < 1.29 is 4.79 Å². The number of nitrogens with zero attached hydrogens (tertiary/aromatic N) is 4. The molecule has 110 valence electrons. The van der Waals surface area contributed by atoms with Crippen molar-refractivity contribution in [3.05, 3.63) is 65.5 Å². The van der Waals surface area contributed by atoms with Gasteiger partial charge in [0.15, 0.2) is 0 Å². The third-order valence-electron chi connectivity index (χ3n) is 3.05. The number of hydrogen-bond acceptors (Lipinski definition) is 4. The summed E-state index contributed by atoms with van der Waals surface area (Å²) in [6, 6.07) is 8.39. The summed E-state index contributed by atoms with van der Waals surface area (Å²) in [6.07, 6.45) is 4.87. The highest BCUT2D eigenvalue weighted by molar-refractivity contribution is 6.31. The van der Waals surface area contributed by atoms with Crippen LogP contribution in [0.15, 0.2) is 49.1 Å². The maximum Gasteiger partial charge on any atom is 0.256 e. The standard InChI is InChI=1S/C15H12ClN5O/c1-10-17-5-6-21(10)14-8-13(18-9-19-14)20-15(22)11-3-2-4-12(16)7-11/h2-9H,1H3,(H,18,19,20,22). The number of benzene rings is 1. The minimum Gasteiger partial charge on any atom is -0.306 e. The van der Waals surface area contributed by atoms with Crippen LogP contribution in [0.25, 0.3) is 5.82 Å². The summed E-state index contributed by atoms with van der Waals surface area (Å²) < 4.78 is 1.80. The van der Waals surface area contributed by atoms with Gasteiger partial charge in [0.2, 0.25) is 0 Å². The van der Waals surface area contributed by atoms with Crippen LogP contribution in [0.3, 0.4) is 0 Å². The zero-order valence-electron chi connectivity index (χ0n) is 11.7. The Labute approximate surface area is 131 Å². The topological polar surface area (TPSA) is 72.7 Å². The molecule has 2 heterocycles.